The highest BCUT2D eigenvalue weighted by atomic mass is 79.9. The topological polar surface area (TPSA) is 130 Å². The third-order valence-corrected chi connectivity index (χ3v) is 2.88. The monoisotopic (exact) mass is 344 g/mol. The number of nitrogens with one attached hydrogen (secondary N) is 1. The van der Waals surface area contributed by atoms with Crippen LogP contribution in [0.2, 0.25) is 0 Å². The molecule has 1 unspecified atom stereocenters. The van der Waals surface area contributed by atoms with Gasteiger partial charge in [-0.2, -0.15) is 0 Å². The number of halogens is 1. The predicted octanol–water partition coefficient (Wildman–Crippen LogP) is 1.28. The van der Waals surface area contributed by atoms with Gasteiger partial charge in [0.2, 0.25) is 5.91 Å². The SMILES string of the molecule is NC(CCC(=O)O)C(=O)Nc1cc(Br)cc(C(=O)O)c1. The number of benzene rings is 1. The van der Waals surface area contributed by atoms with Crippen LogP contribution in [-0.4, -0.2) is 34.1 Å². The van der Waals surface area contributed by atoms with Gasteiger partial charge in [0.15, 0.2) is 0 Å². The molecule has 1 aromatic carbocycles. The normalized spacial score (nSPS) is 11.7. The zero-order valence-corrected chi connectivity index (χ0v) is 11.9. The molecule has 0 aliphatic carbocycles. The molecule has 0 aliphatic rings. The van der Waals surface area contributed by atoms with Crippen LogP contribution < -0.4 is 11.1 Å². The molecular weight excluding hydrogens is 332 g/mol. The van der Waals surface area contributed by atoms with Crippen molar-refractivity contribution in [2.75, 3.05) is 5.32 Å². The molecule has 1 aromatic rings. The molecule has 0 fully saturated rings. The lowest BCUT2D eigenvalue weighted by atomic mass is 10.1. The lowest BCUT2D eigenvalue weighted by molar-refractivity contribution is -0.137. The Labute approximate surface area is 122 Å². The second kappa shape index (κ2) is 7.01. The number of carboxylic acid groups (broad SMARTS) is 2. The summed E-state index contributed by atoms with van der Waals surface area (Å²) in [6.07, 6.45) is -0.214. The molecule has 1 amide bonds. The molecule has 0 bridgehead atoms. The van der Waals surface area contributed by atoms with Crippen molar-refractivity contribution in [3.63, 3.8) is 0 Å². The maximum absolute atomic E-state index is 11.7. The van der Waals surface area contributed by atoms with Crippen molar-refractivity contribution in [2.24, 2.45) is 5.73 Å². The first-order valence-electron chi connectivity index (χ1n) is 5.61. The van der Waals surface area contributed by atoms with Crippen LogP contribution in [0, 0.1) is 0 Å². The molecule has 1 atom stereocenters. The highest BCUT2D eigenvalue weighted by Crippen LogP contribution is 2.20. The minimum absolute atomic E-state index is 0.000950. The summed E-state index contributed by atoms with van der Waals surface area (Å²) in [6.45, 7) is 0. The van der Waals surface area contributed by atoms with Gasteiger partial charge in [-0.1, -0.05) is 15.9 Å². The van der Waals surface area contributed by atoms with E-state index in [1.807, 2.05) is 0 Å². The Hall–Kier alpha value is -1.93. The van der Waals surface area contributed by atoms with Gasteiger partial charge in [0.1, 0.15) is 0 Å². The minimum atomic E-state index is -1.13. The summed E-state index contributed by atoms with van der Waals surface area (Å²) < 4.78 is 0.492. The summed E-state index contributed by atoms with van der Waals surface area (Å²) in [5.41, 5.74) is 5.82. The Morgan fingerprint density at radius 2 is 1.90 bits per heavy atom. The van der Waals surface area contributed by atoms with E-state index in [9.17, 15) is 14.4 Å². The van der Waals surface area contributed by atoms with E-state index in [1.54, 1.807) is 0 Å². The van der Waals surface area contributed by atoms with E-state index >= 15 is 0 Å². The Morgan fingerprint density at radius 3 is 2.45 bits per heavy atom. The van der Waals surface area contributed by atoms with E-state index in [4.69, 9.17) is 15.9 Å². The maximum Gasteiger partial charge on any atom is 0.335 e. The van der Waals surface area contributed by atoms with Gasteiger partial charge in [0.05, 0.1) is 11.6 Å². The Balaban J connectivity index is 2.75. The molecule has 8 heteroatoms. The van der Waals surface area contributed by atoms with E-state index in [-0.39, 0.29) is 24.1 Å². The summed E-state index contributed by atoms with van der Waals surface area (Å²) >= 11 is 3.13. The number of carbonyl (C=O) groups excluding carboxylic acids is 1. The lowest BCUT2D eigenvalue weighted by Crippen LogP contribution is -2.36. The number of aromatic carboxylic acids is 1. The molecule has 5 N–H and O–H groups in total. The van der Waals surface area contributed by atoms with Gasteiger partial charge in [0.25, 0.3) is 0 Å². The fraction of sp³-hybridized carbons (Fsp3) is 0.250. The van der Waals surface area contributed by atoms with Crippen LogP contribution in [0.5, 0.6) is 0 Å². The first-order valence-corrected chi connectivity index (χ1v) is 6.41. The van der Waals surface area contributed by atoms with Crippen molar-refractivity contribution in [3.05, 3.63) is 28.2 Å². The molecule has 108 valence electrons. The van der Waals surface area contributed by atoms with Crippen LogP contribution in [0.1, 0.15) is 23.2 Å². The molecule has 1 rings (SSSR count). The van der Waals surface area contributed by atoms with E-state index in [2.05, 4.69) is 21.2 Å². The van der Waals surface area contributed by atoms with Crippen LogP contribution >= 0.6 is 15.9 Å². The molecule has 0 saturated heterocycles. The highest BCUT2D eigenvalue weighted by molar-refractivity contribution is 9.10. The first-order chi connectivity index (χ1) is 9.29. The van der Waals surface area contributed by atoms with Gasteiger partial charge in [-0.25, -0.2) is 4.79 Å². The number of hydrogen-bond donors (Lipinski definition) is 4. The predicted molar refractivity (Wildman–Crippen MR) is 74.6 cm³/mol. The van der Waals surface area contributed by atoms with E-state index in [0.717, 1.165) is 0 Å². The van der Waals surface area contributed by atoms with Crippen molar-refractivity contribution in [1.82, 2.24) is 0 Å². The quantitative estimate of drug-likeness (QED) is 0.614. The molecule has 0 heterocycles. The van der Waals surface area contributed by atoms with Crippen molar-refractivity contribution in [2.45, 2.75) is 18.9 Å². The summed E-state index contributed by atoms with van der Waals surface area (Å²) in [5.74, 6) is -2.73. The molecule has 20 heavy (non-hydrogen) atoms. The van der Waals surface area contributed by atoms with Gasteiger partial charge < -0.3 is 21.3 Å². The minimum Gasteiger partial charge on any atom is -0.481 e. The molecule has 0 spiro atoms. The largest absolute Gasteiger partial charge is 0.481 e. The zero-order valence-electron chi connectivity index (χ0n) is 10.3. The van der Waals surface area contributed by atoms with Crippen molar-refractivity contribution in [1.29, 1.82) is 0 Å². The van der Waals surface area contributed by atoms with Crippen molar-refractivity contribution >= 4 is 39.5 Å². The van der Waals surface area contributed by atoms with Gasteiger partial charge in [-0.3, -0.25) is 9.59 Å². The standard InChI is InChI=1S/C12H13BrN2O5/c13-7-3-6(12(19)20)4-8(5-7)15-11(18)9(14)1-2-10(16)17/h3-5,9H,1-2,14H2,(H,15,18)(H,16,17)(H,19,20). The van der Waals surface area contributed by atoms with Crippen molar-refractivity contribution < 1.29 is 24.6 Å². The van der Waals surface area contributed by atoms with Crippen molar-refractivity contribution in [3.8, 4) is 0 Å². The second-order valence-corrected chi connectivity index (χ2v) is 4.98. The molecule has 7 nitrogen and oxygen atoms in total. The average Bonchev–Trinajstić information content (AvgIpc) is 2.34. The zero-order chi connectivity index (χ0) is 15.3. The van der Waals surface area contributed by atoms with E-state index in [1.165, 1.54) is 18.2 Å². The summed E-state index contributed by atoms with van der Waals surface area (Å²) in [6, 6.07) is 3.23. The third kappa shape index (κ3) is 4.98. The number of carboxylic acids is 2. The number of anilines is 1. The van der Waals surface area contributed by atoms with Crippen LogP contribution in [0.15, 0.2) is 22.7 Å². The third-order valence-electron chi connectivity index (χ3n) is 2.42. The Morgan fingerprint density at radius 1 is 1.25 bits per heavy atom. The Kier molecular flexibility index (Phi) is 5.66. The van der Waals surface area contributed by atoms with Crippen LogP contribution in [0.4, 0.5) is 5.69 Å². The first kappa shape index (κ1) is 16.1. The summed E-state index contributed by atoms with van der Waals surface area (Å²) in [5, 5.41) is 19.9. The smallest absolute Gasteiger partial charge is 0.335 e. The van der Waals surface area contributed by atoms with Gasteiger partial charge in [0, 0.05) is 16.6 Å². The van der Waals surface area contributed by atoms with Crippen LogP contribution in [0.3, 0.4) is 0 Å². The maximum atomic E-state index is 11.7. The van der Waals surface area contributed by atoms with Gasteiger partial charge in [-0.15, -0.1) is 0 Å². The van der Waals surface area contributed by atoms with Gasteiger partial charge >= 0.3 is 11.9 Å². The number of rotatable bonds is 6. The number of carbonyl (C=O) groups is 3. The number of amides is 1. The van der Waals surface area contributed by atoms with Crippen LogP contribution in [-0.2, 0) is 9.59 Å². The van der Waals surface area contributed by atoms with Crippen LogP contribution in [0.25, 0.3) is 0 Å². The summed E-state index contributed by atoms with van der Waals surface area (Å²) in [7, 11) is 0. The average molecular weight is 345 g/mol. The van der Waals surface area contributed by atoms with Gasteiger partial charge in [-0.05, 0) is 24.6 Å². The second-order valence-electron chi connectivity index (χ2n) is 4.06. The highest BCUT2D eigenvalue weighted by Gasteiger charge is 2.16. The fourth-order valence-corrected chi connectivity index (χ4v) is 1.92. The van der Waals surface area contributed by atoms with E-state index in [0.29, 0.717) is 4.47 Å². The lowest BCUT2D eigenvalue weighted by Gasteiger charge is -2.12. The Bertz CT molecular complexity index is 547. The number of nitrogens with two attached hydrogens (primary N) is 1. The number of aliphatic carboxylic acids is 1. The fourth-order valence-electron chi connectivity index (χ4n) is 1.43. The molecular formula is C12H13BrN2O5. The number of hydrogen-bond acceptors (Lipinski definition) is 4. The molecule has 0 aliphatic heterocycles. The molecule has 0 aromatic heterocycles. The summed E-state index contributed by atoms with van der Waals surface area (Å²) in [4.78, 5) is 33.0. The van der Waals surface area contributed by atoms with E-state index < -0.39 is 23.9 Å². The molecule has 0 radical (unpaired) electrons. The molecule has 0 saturated carbocycles.